The molecule has 0 unspecified atom stereocenters. The maximum Gasteiger partial charge on any atom is 0.278 e. The van der Waals surface area contributed by atoms with E-state index in [2.05, 4.69) is 17.2 Å². The molecule has 1 aliphatic heterocycles. The second-order valence-corrected chi connectivity index (χ2v) is 6.01. The van der Waals surface area contributed by atoms with Crippen molar-refractivity contribution in [1.29, 1.82) is 0 Å². The highest BCUT2D eigenvalue weighted by Gasteiger charge is 2.38. The standard InChI is InChI=1S/C21H19N3O3/c1-3-13-24-20(26)18(15-7-5-4-6-8-15)19(21(24)27)23-17-11-9-16(10-12-17)22-14(2)25/h3-12,23H,1,13H2,2H3,(H,22,25). The van der Waals surface area contributed by atoms with Gasteiger partial charge in [0, 0.05) is 24.8 Å². The summed E-state index contributed by atoms with van der Waals surface area (Å²) in [5.74, 6) is -0.922. The van der Waals surface area contributed by atoms with Crippen LogP contribution in [0.5, 0.6) is 0 Å². The molecule has 0 bridgehead atoms. The Bertz CT molecular complexity index is 931. The smallest absolute Gasteiger partial charge is 0.278 e. The molecule has 1 aliphatic rings. The third-order valence-electron chi connectivity index (χ3n) is 4.02. The summed E-state index contributed by atoms with van der Waals surface area (Å²) in [6.45, 7) is 5.18. The third kappa shape index (κ3) is 3.79. The number of carbonyl (C=O) groups is 3. The predicted molar refractivity (Wildman–Crippen MR) is 105 cm³/mol. The molecule has 0 radical (unpaired) electrons. The summed E-state index contributed by atoms with van der Waals surface area (Å²) in [5, 5.41) is 5.74. The van der Waals surface area contributed by atoms with Crippen LogP contribution in [-0.4, -0.2) is 29.2 Å². The Labute approximate surface area is 157 Å². The van der Waals surface area contributed by atoms with Crippen molar-refractivity contribution >= 4 is 34.7 Å². The average Bonchev–Trinajstić information content (AvgIpc) is 2.88. The van der Waals surface area contributed by atoms with Crippen molar-refractivity contribution in [2.24, 2.45) is 0 Å². The monoisotopic (exact) mass is 361 g/mol. The molecule has 3 amide bonds. The lowest BCUT2D eigenvalue weighted by Crippen LogP contribution is -2.32. The number of nitrogens with zero attached hydrogens (tertiary/aromatic N) is 1. The molecular weight excluding hydrogens is 342 g/mol. The van der Waals surface area contributed by atoms with Crippen LogP contribution in [0, 0.1) is 0 Å². The van der Waals surface area contributed by atoms with Gasteiger partial charge in [0.05, 0.1) is 5.57 Å². The number of hydrogen-bond acceptors (Lipinski definition) is 4. The number of carbonyl (C=O) groups excluding carboxylic acids is 3. The van der Waals surface area contributed by atoms with Crippen LogP contribution in [0.2, 0.25) is 0 Å². The van der Waals surface area contributed by atoms with Crippen LogP contribution < -0.4 is 10.6 Å². The van der Waals surface area contributed by atoms with Gasteiger partial charge in [-0.15, -0.1) is 6.58 Å². The van der Waals surface area contributed by atoms with Crippen LogP contribution in [-0.2, 0) is 14.4 Å². The summed E-state index contributed by atoms with van der Waals surface area (Å²) in [4.78, 5) is 37.9. The van der Waals surface area contributed by atoms with Crippen molar-refractivity contribution in [1.82, 2.24) is 4.90 Å². The van der Waals surface area contributed by atoms with Crippen molar-refractivity contribution < 1.29 is 14.4 Å². The van der Waals surface area contributed by atoms with Gasteiger partial charge in [-0.2, -0.15) is 0 Å². The van der Waals surface area contributed by atoms with Gasteiger partial charge < -0.3 is 10.6 Å². The number of imide groups is 1. The number of benzene rings is 2. The Hall–Kier alpha value is -3.67. The first-order valence-electron chi connectivity index (χ1n) is 8.42. The molecule has 136 valence electrons. The summed E-state index contributed by atoms with van der Waals surface area (Å²) in [7, 11) is 0. The minimum absolute atomic E-state index is 0.140. The van der Waals surface area contributed by atoms with E-state index in [1.165, 1.54) is 13.0 Å². The second kappa shape index (κ2) is 7.70. The molecule has 6 nitrogen and oxygen atoms in total. The van der Waals surface area contributed by atoms with E-state index in [0.29, 0.717) is 22.5 Å². The molecule has 0 aliphatic carbocycles. The lowest BCUT2D eigenvalue weighted by Gasteiger charge is -2.12. The van der Waals surface area contributed by atoms with E-state index in [0.717, 1.165) is 4.90 Å². The number of hydrogen-bond donors (Lipinski definition) is 2. The van der Waals surface area contributed by atoms with Gasteiger partial charge in [-0.1, -0.05) is 36.4 Å². The SMILES string of the molecule is C=CCN1C(=O)C(Nc2ccc(NC(C)=O)cc2)=C(c2ccccc2)C1=O. The molecule has 0 aromatic heterocycles. The minimum atomic E-state index is -0.398. The zero-order chi connectivity index (χ0) is 19.4. The first-order chi connectivity index (χ1) is 13.0. The van der Waals surface area contributed by atoms with Crippen molar-refractivity contribution in [3.63, 3.8) is 0 Å². The van der Waals surface area contributed by atoms with Crippen molar-refractivity contribution in [2.45, 2.75) is 6.92 Å². The largest absolute Gasteiger partial charge is 0.350 e. The van der Waals surface area contributed by atoms with E-state index in [-0.39, 0.29) is 24.1 Å². The molecule has 2 aromatic carbocycles. The van der Waals surface area contributed by atoms with Crippen LogP contribution in [0.3, 0.4) is 0 Å². The number of nitrogens with one attached hydrogen (secondary N) is 2. The van der Waals surface area contributed by atoms with Crippen molar-refractivity contribution in [2.75, 3.05) is 17.2 Å². The molecule has 2 N–H and O–H groups in total. The van der Waals surface area contributed by atoms with Gasteiger partial charge in [0.1, 0.15) is 5.70 Å². The Kier molecular flexibility index (Phi) is 5.17. The highest BCUT2D eigenvalue weighted by molar-refractivity contribution is 6.36. The van der Waals surface area contributed by atoms with E-state index < -0.39 is 5.91 Å². The molecule has 27 heavy (non-hydrogen) atoms. The summed E-state index contributed by atoms with van der Waals surface area (Å²) in [5.41, 5.74) is 2.50. The molecule has 0 saturated carbocycles. The molecule has 1 heterocycles. The molecule has 0 fully saturated rings. The van der Waals surface area contributed by atoms with Gasteiger partial charge in [-0.05, 0) is 29.8 Å². The zero-order valence-electron chi connectivity index (χ0n) is 14.9. The predicted octanol–water partition coefficient (Wildman–Crippen LogP) is 3.02. The number of amides is 3. The van der Waals surface area contributed by atoms with Crippen molar-refractivity contribution in [3.05, 3.63) is 78.5 Å². The maximum absolute atomic E-state index is 12.8. The normalized spacial score (nSPS) is 13.7. The Morgan fingerprint density at radius 3 is 2.22 bits per heavy atom. The molecule has 0 atom stereocenters. The van der Waals surface area contributed by atoms with Gasteiger partial charge in [0.2, 0.25) is 5.91 Å². The van der Waals surface area contributed by atoms with E-state index in [1.54, 1.807) is 36.4 Å². The summed E-state index contributed by atoms with van der Waals surface area (Å²) in [6, 6.07) is 16.0. The summed E-state index contributed by atoms with van der Waals surface area (Å²) >= 11 is 0. The fourth-order valence-corrected chi connectivity index (χ4v) is 2.84. The lowest BCUT2D eigenvalue weighted by atomic mass is 10.0. The van der Waals surface area contributed by atoms with Gasteiger partial charge in [0.15, 0.2) is 0 Å². The van der Waals surface area contributed by atoms with Crippen LogP contribution in [0.25, 0.3) is 5.57 Å². The Morgan fingerprint density at radius 1 is 1.00 bits per heavy atom. The van der Waals surface area contributed by atoms with Gasteiger partial charge in [0.25, 0.3) is 11.8 Å². The lowest BCUT2D eigenvalue weighted by molar-refractivity contribution is -0.136. The molecule has 6 heteroatoms. The highest BCUT2D eigenvalue weighted by Crippen LogP contribution is 2.30. The van der Waals surface area contributed by atoms with E-state index in [9.17, 15) is 14.4 Å². The fraction of sp³-hybridized carbons (Fsp3) is 0.0952. The molecule has 2 aromatic rings. The van der Waals surface area contributed by atoms with E-state index in [4.69, 9.17) is 0 Å². The highest BCUT2D eigenvalue weighted by atomic mass is 16.2. The van der Waals surface area contributed by atoms with Crippen LogP contribution in [0.4, 0.5) is 11.4 Å². The Balaban J connectivity index is 1.96. The number of anilines is 2. The van der Waals surface area contributed by atoms with Gasteiger partial charge >= 0.3 is 0 Å². The average molecular weight is 361 g/mol. The van der Waals surface area contributed by atoms with Crippen LogP contribution in [0.1, 0.15) is 12.5 Å². The zero-order valence-corrected chi connectivity index (χ0v) is 14.9. The van der Waals surface area contributed by atoms with Gasteiger partial charge in [-0.3, -0.25) is 19.3 Å². The second-order valence-electron chi connectivity index (χ2n) is 6.01. The quantitative estimate of drug-likeness (QED) is 0.612. The van der Waals surface area contributed by atoms with E-state index >= 15 is 0 Å². The van der Waals surface area contributed by atoms with E-state index in [1.807, 2.05) is 18.2 Å². The molecular formula is C21H19N3O3. The Morgan fingerprint density at radius 2 is 1.63 bits per heavy atom. The molecule has 0 spiro atoms. The van der Waals surface area contributed by atoms with Gasteiger partial charge in [-0.25, -0.2) is 0 Å². The first-order valence-corrected chi connectivity index (χ1v) is 8.42. The third-order valence-corrected chi connectivity index (χ3v) is 4.02. The van der Waals surface area contributed by atoms with Crippen molar-refractivity contribution in [3.8, 4) is 0 Å². The molecule has 0 saturated heterocycles. The minimum Gasteiger partial charge on any atom is -0.350 e. The summed E-state index contributed by atoms with van der Waals surface area (Å²) < 4.78 is 0. The summed E-state index contributed by atoms with van der Waals surface area (Å²) in [6.07, 6.45) is 1.52. The topological polar surface area (TPSA) is 78.5 Å². The maximum atomic E-state index is 12.8. The first kappa shape index (κ1) is 18.1. The van der Waals surface area contributed by atoms with Crippen LogP contribution >= 0.6 is 0 Å². The van der Waals surface area contributed by atoms with Crippen LogP contribution in [0.15, 0.2) is 72.9 Å². The molecule has 3 rings (SSSR count). The fourth-order valence-electron chi connectivity index (χ4n) is 2.84. The number of rotatable bonds is 6.